The van der Waals surface area contributed by atoms with Gasteiger partial charge in [-0.3, -0.25) is 0 Å². The molecule has 1 rings (SSSR count). The molecule has 0 aliphatic heterocycles. The van der Waals surface area contributed by atoms with Crippen LogP contribution in [0.4, 0.5) is 0 Å². The Labute approximate surface area is 99.0 Å². The number of para-hydroxylation sites is 1. The van der Waals surface area contributed by atoms with Gasteiger partial charge in [-0.25, -0.2) is 0 Å². The van der Waals surface area contributed by atoms with E-state index in [2.05, 4.69) is 31.3 Å². The summed E-state index contributed by atoms with van der Waals surface area (Å²) < 4.78 is 5.31. The number of nitrogens with one attached hydrogen (secondary N) is 1. The topological polar surface area (TPSA) is 21.3 Å². The van der Waals surface area contributed by atoms with Crippen LogP contribution in [0.1, 0.15) is 32.3 Å². The van der Waals surface area contributed by atoms with Gasteiger partial charge in [-0.15, -0.1) is 0 Å². The van der Waals surface area contributed by atoms with Crippen molar-refractivity contribution in [2.75, 3.05) is 13.7 Å². The van der Waals surface area contributed by atoms with Crippen molar-refractivity contribution in [1.29, 1.82) is 0 Å². The van der Waals surface area contributed by atoms with Crippen molar-refractivity contribution in [1.82, 2.24) is 5.32 Å². The highest BCUT2D eigenvalue weighted by molar-refractivity contribution is 5.32. The molecule has 0 fully saturated rings. The van der Waals surface area contributed by atoms with E-state index in [1.165, 1.54) is 18.4 Å². The fourth-order valence-electron chi connectivity index (χ4n) is 1.90. The van der Waals surface area contributed by atoms with E-state index in [4.69, 9.17) is 4.74 Å². The van der Waals surface area contributed by atoms with Gasteiger partial charge in [0.1, 0.15) is 5.75 Å². The minimum absolute atomic E-state index is 0.750. The lowest BCUT2D eigenvalue weighted by Gasteiger charge is -2.13. The number of methoxy groups -OCH3 is 1. The number of hydrogen-bond acceptors (Lipinski definition) is 2. The van der Waals surface area contributed by atoms with Crippen molar-refractivity contribution in [3.63, 3.8) is 0 Å². The number of ether oxygens (including phenoxy) is 1. The Morgan fingerprint density at radius 1 is 1.31 bits per heavy atom. The molecular formula is C14H23NO. The van der Waals surface area contributed by atoms with Crippen molar-refractivity contribution >= 4 is 0 Å². The van der Waals surface area contributed by atoms with E-state index in [9.17, 15) is 0 Å². The molecule has 90 valence electrons. The molecule has 0 bridgehead atoms. The molecular weight excluding hydrogens is 198 g/mol. The molecule has 1 aromatic rings. The molecule has 0 heterocycles. The number of rotatable bonds is 7. The SMILES string of the molecule is CCCC(C)CNCc1ccccc1OC. The van der Waals surface area contributed by atoms with Crippen LogP contribution in [-0.2, 0) is 6.54 Å². The minimum atomic E-state index is 0.750. The maximum absolute atomic E-state index is 5.31. The molecule has 1 N–H and O–H groups in total. The van der Waals surface area contributed by atoms with Gasteiger partial charge in [0, 0.05) is 12.1 Å². The lowest BCUT2D eigenvalue weighted by molar-refractivity contribution is 0.405. The highest BCUT2D eigenvalue weighted by Crippen LogP contribution is 2.16. The van der Waals surface area contributed by atoms with Crippen LogP contribution in [-0.4, -0.2) is 13.7 Å². The molecule has 1 unspecified atom stereocenters. The second-order valence-electron chi connectivity index (χ2n) is 4.34. The van der Waals surface area contributed by atoms with Crippen LogP contribution >= 0.6 is 0 Å². The first-order chi connectivity index (χ1) is 7.77. The van der Waals surface area contributed by atoms with Crippen LogP contribution in [0.15, 0.2) is 24.3 Å². The van der Waals surface area contributed by atoms with E-state index in [1.54, 1.807) is 7.11 Å². The Kier molecular flexibility index (Phi) is 5.94. The quantitative estimate of drug-likeness (QED) is 0.763. The van der Waals surface area contributed by atoms with Crippen LogP contribution in [0.3, 0.4) is 0 Å². The molecule has 1 atom stereocenters. The lowest BCUT2D eigenvalue weighted by atomic mass is 10.1. The van der Waals surface area contributed by atoms with Gasteiger partial charge in [0.05, 0.1) is 7.11 Å². The molecule has 2 nitrogen and oxygen atoms in total. The van der Waals surface area contributed by atoms with Gasteiger partial charge in [0.2, 0.25) is 0 Å². The Hall–Kier alpha value is -1.02. The fraction of sp³-hybridized carbons (Fsp3) is 0.571. The van der Waals surface area contributed by atoms with Crippen LogP contribution in [0.2, 0.25) is 0 Å². The second kappa shape index (κ2) is 7.29. The zero-order chi connectivity index (χ0) is 11.8. The van der Waals surface area contributed by atoms with Gasteiger partial charge >= 0.3 is 0 Å². The van der Waals surface area contributed by atoms with Crippen LogP contribution in [0.5, 0.6) is 5.75 Å². The molecule has 1 aromatic carbocycles. The highest BCUT2D eigenvalue weighted by Gasteiger charge is 2.03. The summed E-state index contributed by atoms with van der Waals surface area (Å²) in [6, 6.07) is 8.17. The minimum Gasteiger partial charge on any atom is -0.496 e. The first-order valence-electron chi connectivity index (χ1n) is 6.10. The molecule has 0 radical (unpaired) electrons. The van der Waals surface area contributed by atoms with Crippen LogP contribution in [0, 0.1) is 5.92 Å². The van der Waals surface area contributed by atoms with Crippen molar-refractivity contribution in [2.45, 2.75) is 33.2 Å². The predicted octanol–water partition coefficient (Wildman–Crippen LogP) is 3.22. The summed E-state index contributed by atoms with van der Waals surface area (Å²) in [5.74, 6) is 1.72. The van der Waals surface area contributed by atoms with Crippen molar-refractivity contribution < 1.29 is 4.74 Å². The van der Waals surface area contributed by atoms with E-state index in [0.717, 1.165) is 24.8 Å². The summed E-state index contributed by atoms with van der Waals surface area (Å²) >= 11 is 0. The second-order valence-corrected chi connectivity index (χ2v) is 4.34. The molecule has 16 heavy (non-hydrogen) atoms. The van der Waals surface area contributed by atoms with Gasteiger partial charge in [-0.2, -0.15) is 0 Å². The normalized spacial score (nSPS) is 12.4. The van der Waals surface area contributed by atoms with E-state index in [-0.39, 0.29) is 0 Å². The van der Waals surface area contributed by atoms with E-state index in [0.29, 0.717) is 0 Å². The average molecular weight is 221 g/mol. The molecule has 0 spiro atoms. The molecule has 0 aliphatic carbocycles. The third-order valence-corrected chi connectivity index (χ3v) is 2.78. The molecule has 0 aromatic heterocycles. The molecule has 0 amide bonds. The summed E-state index contributed by atoms with van der Waals surface area (Å²) in [5, 5.41) is 3.48. The summed E-state index contributed by atoms with van der Waals surface area (Å²) in [7, 11) is 1.72. The Balaban J connectivity index is 2.36. The largest absolute Gasteiger partial charge is 0.496 e. The Morgan fingerprint density at radius 3 is 2.75 bits per heavy atom. The first kappa shape index (κ1) is 13.0. The zero-order valence-electron chi connectivity index (χ0n) is 10.6. The van der Waals surface area contributed by atoms with Crippen molar-refractivity contribution in [3.05, 3.63) is 29.8 Å². The fourth-order valence-corrected chi connectivity index (χ4v) is 1.90. The average Bonchev–Trinajstić information content (AvgIpc) is 2.30. The third kappa shape index (κ3) is 4.23. The van der Waals surface area contributed by atoms with Crippen molar-refractivity contribution in [2.24, 2.45) is 5.92 Å². The van der Waals surface area contributed by atoms with Gasteiger partial charge in [-0.1, -0.05) is 38.5 Å². The van der Waals surface area contributed by atoms with E-state index < -0.39 is 0 Å². The molecule has 0 saturated heterocycles. The van der Waals surface area contributed by atoms with Gasteiger partial charge in [-0.05, 0) is 24.9 Å². The third-order valence-electron chi connectivity index (χ3n) is 2.78. The highest BCUT2D eigenvalue weighted by atomic mass is 16.5. The number of hydrogen-bond donors (Lipinski definition) is 1. The maximum Gasteiger partial charge on any atom is 0.123 e. The van der Waals surface area contributed by atoms with Gasteiger partial charge in [0.25, 0.3) is 0 Å². The smallest absolute Gasteiger partial charge is 0.123 e. The van der Waals surface area contributed by atoms with Crippen LogP contribution in [0.25, 0.3) is 0 Å². The van der Waals surface area contributed by atoms with E-state index >= 15 is 0 Å². The summed E-state index contributed by atoms with van der Waals surface area (Å²) in [6.45, 7) is 6.49. The van der Waals surface area contributed by atoms with Crippen LogP contribution < -0.4 is 10.1 Å². The molecule has 0 saturated carbocycles. The first-order valence-corrected chi connectivity index (χ1v) is 6.10. The predicted molar refractivity (Wildman–Crippen MR) is 68.8 cm³/mol. The Bertz CT molecular complexity index is 299. The molecule has 2 heteroatoms. The van der Waals surface area contributed by atoms with Gasteiger partial charge in [0.15, 0.2) is 0 Å². The summed E-state index contributed by atoms with van der Waals surface area (Å²) in [6.07, 6.45) is 2.55. The lowest BCUT2D eigenvalue weighted by Crippen LogP contribution is -2.20. The molecule has 0 aliphatic rings. The van der Waals surface area contributed by atoms with Crippen molar-refractivity contribution in [3.8, 4) is 5.75 Å². The number of benzene rings is 1. The zero-order valence-corrected chi connectivity index (χ0v) is 10.6. The van der Waals surface area contributed by atoms with Gasteiger partial charge < -0.3 is 10.1 Å². The Morgan fingerprint density at radius 2 is 2.06 bits per heavy atom. The summed E-state index contributed by atoms with van der Waals surface area (Å²) in [4.78, 5) is 0. The maximum atomic E-state index is 5.31. The monoisotopic (exact) mass is 221 g/mol. The summed E-state index contributed by atoms with van der Waals surface area (Å²) in [5.41, 5.74) is 1.23. The van der Waals surface area contributed by atoms with E-state index in [1.807, 2.05) is 12.1 Å². The standard InChI is InChI=1S/C14H23NO/c1-4-7-12(2)10-15-11-13-8-5-6-9-14(13)16-3/h5-6,8-9,12,15H,4,7,10-11H2,1-3H3.